The summed E-state index contributed by atoms with van der Waals surface area (Å²) >= 11 is 0. The number of hydrogen-bond donors (Lipinski definition) is 4. The number of benzene rings is 4. The van der Waals surface area contributed by atoms with Gasteiger partial charge in [0.25, 0.3) is 0 Å². The standard InChI is InChI=1S/C16H10O4/c17-10-6-8-3-1-2-7-4-5-9-12(11(7)8)13(10)15(19)16(20)14(9)18/h1-6,17-20H. The van der Waals surface area contributed by atoms with Gasteiger partial charge in [0.2, 0.25) is 5.75 Å². The van der Waals surface area contributed by atoms with E-state index in [1.165, 1.54) is 0 Å². The normalized spacial score (nSPS) is 11.8. The molecule has 4 nitrogen and oxygen atoms in total. The van der Waals surface area contributed by atoms with Crippen LogP contribution in [0.1, 0.15) is 0 Å². The van der Waals surface area contributed by atoms with Crippen molar-refractivity contribution in [3.63, 3.8) is 0 Å². The van der Waals surface area contributed by atoms with Crippen molar-refractivity contribution in [1.82, 2.24) is 0 Å². The Hall–Kier alpha value is -2.88. The molecule has 0 aliphatic carbocycles. The number of phenols is 4. The van der Waals surface area contributed by atoms with E-state index in [0.29, 0.717) is 10.8 Å². The molecule has 0 aromatic heterocycles. The van der Waals surface area contributed by atoms with Gasteiger partial charge in [0.1, 0.15) is 5.75 Å². The minimum absolute atomic E-state index is 0.131. The number of phenolic OH excluding ortho intramolecular Hbond substituents is 4. The lowest BCUT2D eigenvalue weighted by Gasteiger charge is -2.15. The fraction of sp³-hybridized carbons (Fsp3) is 0. The average Bonchev–Trinajstić information content (AvgIpc) is 2.44. The molecule has 4 N–H and O–H groups in total. The molecule has 4 aromatic rings. The molecule has 20 heavy (non-hydrogen) atoms. The van der Waals surface area contributed by atoms with Crippen molar-refractivity contribution < 1.29 is 20.4 Å². The Morgan fingerprint density at radius 1 is 0.600 bits per heavy atom. The Bertz CT molecular complexity index is 988. The van der Waals surface area contributed by atoms with Gasteiger partial charge in [-0.2, -0.15) is 0 Å². The molecule has 0 aliphatic rings. The topological polar surface area (TPSA) is 80.9 Å². The zero-order valence-electron chi connectivity index (χ0n) is 10.3. The first kappa shape index (κ1) is 11.0. The summed E-state index contributed by atoms with van der Waals surface area (Å²) in [6, 6.07) is 10.7. The molecule has 4 rings (SSSR count). The van der Waals surface area contributed by atoms with E-state index in [1.807, 2.05) is 24.3 Å². The third kappa shape index (κ3) is 1.11. The van der Waals surface area contributed by atoms with E-state index < -0.39 is 11.5 Å². The highest BCUT2D eigenvalue weighted by Crippen LogP contribution is 2.51. The van der Waals surface area contributed by atoms with Crippen molar-refractivity contribution in [3.05, 3.63) is 36.4 Å². The summed E-state index contributed by atoms with van der Waals surface area (Å²) in [5.74, 6) is -1.64. The minimum atomic E-state index is -0.619. The van der Waals surface area contributed by atoms with Crippen molar-refractivity contribution >= 4 is 32.3 Å². The van der Waals surface area contributed by atoms with Crippen LogP contribution in [0.2, 0.25) is 0 Å². The summed E-state index contributed by atoms with van der Waals surface area (Å²) < 4.78 is 0. The van der Waals surface area contributed by atoms with E-state index in [4.69, 9.17) is 0 Å². The lowest BCUT2D eigenvalue weighted by molar-refractivity contribution is 0.373. The van der Waals surface area contributed by atoms with Crippen molar-refractivity contribution in [3.8, 4) is 23.0 Å². The Kier molecular flexibility index (Phi) is 1.85. The van der Waals surface area contributed by atoms with Gasteiger partial charge in [-0.15, -0.1) is 0 Å². The molecule has 0 heterocycles. The van der Waals surface area contributed by atoms with Gasteiger partial charge >= 0.3 is 0 Å². The van der Waals surface area contributed by atoms with Gasteiger partial charge in [-0.1, -0.05) is 24.3 Å². The smallest absolute Gasteiger partial charge is 0.201 e. The fourth-order valence-corrected chi connectivity index (χ4v) is 2.93. The van der Waals surface area contributed by atoms with Gasteiger partial charge in [0.05, 0.1) is 5.39 Å². The second kappa shape index (κ2) is 3.36. The van der Waals surface area contributed by atoms with Crippen LogP contribution in [0.4, 0.5) is 0 Å². The predicted octanol–water partition coefficient (Wildman–Crippen LogP) is 3.41. The van der Waals surface area contributed by atoms with E-state index in [9.17, 15) is 20.4 Å². The lowest BCUT2D eigenvalue weighted by Crippen LogP contribution is -1.86. The summed E-state index contributed by atoms with van der Waals surface area (Å²) in [4.78, 5) is 0. The van der Waals surface area contributed by atoms with Crippen molar-refractivity contribution in [2.24, 2.45) is 0 Å². The maximum absolute atomic E-state index is 10.1. The molecule has 0 fully saturated rings. The maximum atomic E-state index is 10.1. The molecule has 0 unspecified atom stereocenters. The number of aromatic hydroxyl groups is 4. The van der Waals surface area contributed by atoms with Gasteiger partial charge in [-0.3, -0.25) is 0 Å². The summed E-state index contributed by atoms with van der Waals surface area (Å²) in [6.45, 7) is 0. The van der Waals surface area contributed by atoms with E-state index in [1.54, 1.807) is 12.1 Å². The molecule has 0 aliphatic heterocycles. The maximum Gasteiger partial charge on any atom is 0.201 e. The zero-order valence-corrected chi connectivity index (χ0v) is 10.3. The fourth-order valence-electron chi connectivity index (χ4n) is 2.93. The van der Waals surface area contributed by atoms with Gasteiger partial charge in [-0.25, -0.2) is 0 Å². The number of rotatable bonds is 0. The highest BCUT2D eigenvalue weighted by Gasteiger charge is 2.21. The molecule has 4 aromatic carbocycles. The monoisotopic (exact) mass is 266 g/mol. The first-order valence-corrected chi connectivity index (χ1v) is 6.13. The molecule has 0 atom stereocenters. The van der Waals surface area contributed by atoms with Crippen LogP contribution in [0.15, 0.2) is 36.4 Å². The summed E-state index contributed by atoms with van der Waals surface area (Å²) in [6.07, 6.45) is 0. The Morgan fingerprint density at radius 2 is 1.35 bits per heavy atom. The van der Waals surface area contributed by atoms with Crippen LogP contribution in [-0.2, 0) is 0 Å². The third-order valence-corrected chi connectivity index (χ3v) is 3.82. The van der Waals surface area contributed by atoms with Gasteiger partial charge in [0.15, 0.2) is 11.5 Å². The predicted molar refractivity (Wildman–Crippen MR) is 76.8 cm³/mol. The molecular formula is C16H10O4. The van der Waals surface area contributed by atoms with Crippen molar-refractivity contribution in [1.29, 1.82) is 0 Å². The van der Waals surface area contributed by atoms with Gasteiger partial charge in [-0.05, 0) is 28.3 Å². The lowest BCUT2D eigenvalue weighted by atomic mass is 9.92. The van der Waals surface area contributed by atoms with Gasteiger partial charge < -0.3 is 20.4 Å². The largest absolute Gasteiger partial charge is 0.507 e. The molecule has 0 bridgehead atoms. The molecule has 0 saturated heterocycles. The van der Waals surface area contributed by atoms with E-state index in [2.05, 4.69) is 0 Å². The summed E-state index contributed by atoms with van der Waals surface area (Å²) in [7, 11) is 0. The molecule has 0 amide bonds. The van der Waals surface area contributed by atoms with Crippen LogP contribution in [0.3, 0.4) is 0 Å². The quantitative estimate of drug-likeness (QED) is 0.290. The zero-order chi connectivity index (χ0) is 14.0. The Morgan fingerprint density at radius 3 is 2.15 bits per heavy atom. The van der Waals surface area contributed by atoms with Gasteiger partial charge in [0, 0.05) is 10.8 Å². The van der Waals surface area contributed by atoms with Crippen LogP contribution >= 0.6 is 0 Å². The number of hydrogen-bond acceptors (Lipinski definition) is 4. The third-order valence-electron chi connectivity index (χ3n) is 3.82. The van der Waals surface area contributed by atoms with Crippen molar-refractivity contribution in [2.45, 2.75) is 0 Å². The van der Waals surface area contributed by atoms with Crippen molar-refractivity contribution in [2.75, 3.05) is 0 Å². The molecular weight excluding hydrogens is 256 g/mol. The van der Waals surface area contributed by atoms with E-state index in [0.717, 1.165) is 16.2 Å². The summed E-state index contributed by atoms with van der Waals surface area (Å²) in [5, 5.41) is 43.6. The summed E-state index contributed by atoms with van der Waals surface area (Å²) in [5.41, 5.74) is 0. The van der Waals surface area contributed by atoms with Crippen LogP contribution < -0.4 is 0 Å². The molecule has 0 radical (unpaired) electrons. The molecule has 0 spiro atoms. The highest BCUT2D eigenvalue weighted by molar-refractivity contribution is 6.27. The first-order chi connectivity index (χ1) is 9.59. The minimum Gasteiger partial charge on any atom is -0.507 e. The molecule has 4 heteroatoms. The first-order valence-electron chi connectivity index (χ1n) is 6.13. The van der Waals surface area contributed by atoms with E-state index in [-0.39, 0.29) is 16.9 Å². The molecule has 98 valence electrons. The Labute approximate surface area is 113 Å². The average molecular weight is 266 g/mol. The van der Waals surface area contributed by atoms with Crippen LogP contribution in [0.25, 0.3) is 32.3 Å². The highest BCUT2D eigenvalue weighted by atomic mass is 16.3. The van der Waals surface area contributed by atoms with Crippen LogP contribution in [0.5, 0.6) is 23.0 Å². The molecule has 0 saturated carbocycles. The van der Waals surface area contributed by atoms with E-state index >= 15 is 0 Å². The van der Waals surface area contributed by atoms with Crippen LogP contribution in [-0.4, -0.2) is 20.4 Å². The second-order valence-electron chi connectivity index (χ2n) is 4.88. The Balaban J connectivity index is 2.50. The van der Waals surface area contributed by atoms with Crippen LogP contribution in [0, 0.1) is 0 Å². The second-order valence-corrected chi connectivity index (χ2v) is 4.88. The SMILES string of the molecule is Oc1c(O)c2ccc3cccc4cc(O)c(c1O)c2c34.